The molecular weight excluding hydrogens is 238 g/mol. The summed E-state index contributed by atoms with van der Waals surface area (Å²) >= 11 is 1.68. The standard InChI is InChI=1S/C12H17NO3S/c1-8-3-5-11(17-8)7-10(13-9(2)14)4-6-12(15)16/h3,5,10H,4,6-7H2,1-2H3,(H,13,14)(H,15,16). The molecular formula is C12H17NO3S. The van der Waals surface area contributed by atoms with Gasteiger partial charge in [0.2, 0.25) is 5.91 Å². The highest BCUT2D eigenvalue weighted by Crippen LogP contribution is 2.18. The van der Waals surface area contributed by atoms with Crippen LogP contribution in [0.5, 0.6) is 0 Å². The molecule has 0 saturated heterocycles. The number of aryl methyl sites for hydroxylation is 1. The van der Waals surface area contributed by atoms with Crippen molar-refractivity contribution in [1.29, 1.82) is 0 Å². The van der Waals surface area contributed by atoms with E-state index in [4.69, 9.17) is 5.11 Å². The summed E-state index contributed by atoms with van der Waals surface area (Å²) in [5.41, 5.74) is 0. The van der Waals surface area contributed by atoms with Crippen LogP contribution in [0.25, 0.3) is 0 Å². The van der Waals surface area contributed by atoms with E-state index in [1.165, 1.54) is 16.7 Å². The van der Waals surface area contributed by atoms with Crippen molar-refractivity contribution in [3.8, 4) is 0 Å². The van der Waals surface area contributed by atoms with E-state index >= 15 is 0 Å². The summed E-state index contributed by atoms with van der Waals surface area (Å²) < 4.78 is 0. The lowest BCUT2D eigenvalue weighted by molar-refractivity contribution is -0.137. The molecule has 0 aliphatic carbocycles. The zero-order valence-corrected chi connectivity index (χ0v) is 10.8. The molecule has 1 rings (SSSR count). The molecule has 0 radical (unpaired) electrons. The maximum Gasteiger partial charge on any atom is 0.303 e. The molecule has 0 fully saturated rings. The van der Waals surface area contributed by atoms with Crippen LogP contribution in [-0.4, -0.2) is 23.0 Å². The van der Waals surface area contributed by atoms with Crippen LogP contribution in [0.1, 0.15) is 29.5 Å². The minimum atomic E-state index is -0.831. The minimum Gasteiger partial charge on any atom is -0.481 e. The van der Waals surface area contributed by atoms with E-state index in [-0.39, 0.29) is 18.4 Å². The Hall–Kier alpha value is -1.36. The van der Waals surface area contributed by atoms with Crippen molar-refractivity contribution in [1.82, 2.24) is 5.32 Å². The average molecular weight is 255 g/mol. The summed E-state index contributed by atoms with van der Waals surface area (Å²) in [6.45, 7) is 3.48. The van der Waals surface area contributed by atoms with Crippen LogP contribution in [0.2, 0.25) is 0 Å². The van der Waals surface area contributed by atoms with Crippen LogP contribution in [0.3, 0.4) is 0 Å². The Morgan fingerprint density at radius 1 is 1.47 bits per heavy atom. The number of hydrogen-bond donors (Lipinski definition) is 2. The molecule has 1 unspecified atom stereocenters. The Morgan fingerprint density at radius 3 is 2.65 bits per heavy atom. The predicted octanol–water partition coefficient (Wildman–Crippen LogP) is 1.97. The van der Waals surface area contributed by atoms with Crippen molar-refractivity contribution in [2.75, 3.05) is 0 Å². The monoisotopic (exact) mass is 255 g/mol. The first-order valence-corrected chi connectivity index (χ1v) is 6.33. The second-order valence-electron chi connectivity index (χ2n) is 4.05. The Bertz CT molecular complexity index is 400. The van der Waals surface area contributed by atoms with Gasteiger partial charge in [-0.3, -0.25) is 9.59 Å². The fourth-order valence-corrected chi connectivity index (χ4v) is 2.62. The Labute approximate surface area is 105 Å². The molecule has 0 aliphatic heterocycles. The summed E-state index contributed by atoms with van der Waals surface area (Å²) in [6.07, 6.45) is 1.24. The molecule has 0 bridgehead atoms. The lowest BCUT2D eigenvalue weighted by Crippen LogP contribution is -2.35. The van der Waals surface area contributed by atoms with Gasteiger partial charge in [0.05, 0.1) is 0 Å². The molecule has 1 amide bonds. The van der Waals surface area contributed by atoms with Gasteiger partial charge >= 0.3 is 5.97 Å². The summed E-state index contributed by atoms with van der Waals surface area (Å²) in [4.78, 5) is 24.0. The number of carbonyl (C=O) groups is 2. The number of amides is 1. The van der Waals surface area contributed by atoms with Gasteiger partial charge in [0.25, 0.3) is 0 Å². The van der Waals surface area contributed by atoms with E-state index in [2.05, 4.69) is 5.32 Å². The number of carboxylic acids is 1. The molecule has 0 aliphatic rings. The van der Waals surface area contributed by atoms with Gasteiger partial charge < -0.3 is 10.4 Å². The van der Waals surface area contributed by atoms with Gasteiger partial charge in [0.15, 0.2) is 0 Å². The molecule has 1 aromatic rings. The summed E-state index contributed by atoms with van der Waals surface area (Å²) in [5, 5.41) is 11.5. The number of hydrogen-bond acceptors (Lipinski definition) is 3. The topological polar surface area (TPSA) is 66.4 Å². The number of nitrogens with one attached hydrogen (secondary N) is 1. The number of carboxylic acid groups (broad SMARTS) is 1. The second kappa shape index (κ2) is 6.39. The number of rotatable bonds is 6. The van der Waals surface area contributed by atoms with Gasteiger partial charge in [-0.05, 0) is 25.5 Å². The second-order valence-corrected chi connectivity index (χ2v) is 5.42. The quantitative estimate of drug-likeness (QED) is 0.816. The van der Waals surface area contributed by atoms with E-state index in [0.29, 0.717) is 12.8 Å². The number of thiophene rings is 1. The maximum atomic E-state index is 11.0. The zero-order valence-electron chi connectivity index (χ0n) is 10.0. The normalized spacial score (nSPS) is 12.1. The zero-order chi connectivity index (χ0) is 12.8. The smallest absolute Gasteiger partial charge is 0.303 e. The first-order chi connectivity index (χ1) is 7.97. The largest absolute Gasteiger partial charge is 0.481 e. The molecule has 17 heavy (non-hydrogen) atoms. The van der Waals surface area contributed by atoms with E-state index in [0.717, 1.165) is 0 Å². The summed E-state index contributed by atoms with van der Waals surface area (Å²) in [7, 11) is 0. The molecule has 94 valence electrons. The highest BCUT2D eigenvalue weighted by molar-refractivity contribution is 7.11. The van der Waals surface area contributed by atoms with E-state index < -0.39 is 5.97 Å². The third-order valence-electron chi connectivity index (χ3n) is 2.36. The van der Waals surface area contributed by atoms with E-state index in [1.807, 2.05) is 19.1 Å². The van der Waals surface area contributed by atoms with Gasteiger partial charge in [0.1, 0.15) is 0 Å². The first kappa shape index (κ1) is 13.7. The third-order valence-corrected chi connectivity index (χ3v) is 3.38. The molecule has 1 atom stereocenters. The van der Waals surface area contributed by atoms with Crippen molar-refractivity contribution in [2.45, 2.75) is 39.2 Å². The van der Waals surface area contributed by atoms with Crippen molar-refractivity contribution in [3.63, 3.8) is 0 Å². The number of aliphatic carboxylic acids is 1. The summed E-state index contributed by atoms with van der Waals surface area (Å²) in [5.74, 6) is -0.948. The molecule has 1 aromatic heterocycles. The minimum absolute atomic E-state index is 0.0787. The van der Waals surface area contributed by atoms with Crippen molar-refractivity contribution in [2.24, 2.45) is 0 Å². The van der Waals surface area contributed by atoms with Crippen LogP contribution in [-0.2, 0) is 16.0 Å². The lowest BCUT2D eigenvalue weighted by atomic mass is 10.1. The van der Waals surface area contributed by atoms with Gasteiger partial charge in [-0.15, -0.1) is 11.3 Å². The Balaban J connectivity index is 2.56. The fraction of sp³-hybridized carbons (Fsp3) is 0.500. The van der Waals surface area contributed by atoms with E-state index in [1.54, 1.807) is 11.3 Å². The molecule has 5 heteroatoms. The summed E-state index contributed by atoms with van der Waals surface area (Å²) in [6, 6.07) is 3.96. The molecule has 0 spiro atoms. The lowest BCUT2D eigenvalue weighted by Gasteiger charge is -2.15. The van der Waals surface area contributed by atoms with E-state index in [9.17, 15) is 9.59 Å². The molecule has 0 aromatic carbocycles. The molecule has 1 heterocycles. The fourth-order valence-electron chi connectivity index (χ4n) is 1.65. The molecule has 0 saturated carbocycles. The van der Waals surface area contributed by atoms with Gasteiger partial charge in [-0.25, -0.2) is 0 Å². The highest BCUT2D eigenvalue weighted by atomic mass is 32.1. The average Bonchev–Trinajstić information content (AvgIpc) is 2.59. The highest BCUT2D eigenvalue weighted by Gasteiger charge is 2.13. The van der Waals surface area contributed by atoms with Gasteiger partial charge in [0, 0.05) is 35.6 Å². The van der Waals surface area contributed by atoms with Gasteiger partial charge in [-0.2, -0.15) is 0 Å². The van der Waals surface area contributed by atoms with Crippen LogP contribution in [0, 0.1) is 6.92 Å². The van der Waals surface area contributed by atoms with Crippen molar-refractivity contribution in [3.05, 3.63) is 21.9 Å². The predicted molar refractivity (Wildman–Crippen MR) is 67.2 cm³/mol. The van der Waals surface area contributed by atoms with Crippen molar-refractivity contribution >= 4 is 23.2 Å². The van der Waals surface area contributed by atoms with Crippen LogP contribution < -0.4 is 5.32 Å². The van der Waals surface area contributed by atoms with Crippen LogP contribution in [0.4, 0.5) is 0 Å². The maximum absolute atomic E-state index is 11.0. The Kier molecular flexibility index (Phi) is 5.15. The molecule has 2 N–H and O–H groups in total. The molecule has 4 nitrogen and oxygen atoms in total. The SMILES string of the molecule is CC(=O)NC(CCC(=O)O)Cc1ccc(C)s1. The Morgan fingerprint density at radius 2 is 2.18 bits per heavy atom. The number of carbonyl (C=O) groups excluding carboxylic acids is 1. The van der Waals surface area contributed by atoms with Gasteiger partial charge in [-0.1, -0.05) is 0 Å². The van der Waals surface area contributed by atoms with Crippen LogP contribution in [0.15, 0.2) is 12.1 Å². The third kappa shape index (κ3) is 5.49. The van der Waals surface area contributed by atoms with Crippen LogP contribution >= 0.6 is 11.3 Å². The van der Waals surface area contributed by atoms with Crippen molar-refractivity contribution < 1.29 is 14.7 Å². The first-order valence-electron chi connectivity index (χ1n) is 5.51.